The predicted octanol–water partition coefficient (Wildman–Crippen LogP) is 3.74. The molecule has 2 fully saturated rings. The average molecular weight is 567 g/mol. The summed E-state index contributed by atoms with van der Waals surface area (Å²) in [5.41, 5.74) is 2.31. The van der Waals surface area contributed by atoms with Gasteiger partial charge in [-0.1, -0.05) is 19.6 Å². The number of halogens is 1. The van der Waals surface area contributed by atoms with Crippen LogP contribution in [0.1, 0.15) is 47.6 Å². The highest BCUT2D eigenvalue weighted by molar-refractivity contribution is 6.45. The molecule has 220 valence electrons. The van der Waals surface area contributed by atoms with E-state index in [0.29, 0.717) is 68.2 Å². The molecule has 3 aromatic rings. The van der Waals surface area contributed by atoms with Crippen molar-refractivity contribution < 1.29 is 28.2 Å². The first-order chi connectivity index (χ1) is 19.2. The summed E-state index contributed by atoms with van der Waals surface area (Å²) >= 11 is 0. The minimum Gasteiger partial charge on any atom is -0.496 e. The lowest BCUT2D eigenvalue weighted by atomic mass is 10.0. The standard InChI is InChI=1S/C30H35FN4O5.CH4/c1-19-16-35(20(2)15-34(19)17-21-5-7-22(31)8-6-21)29(37)24-13-23-25(18-32(3)26(23)14-27(24)39-4)28(36)30(38)33-9-11-40-12-10-33;/h5-8,13-14,18-20H,9-12,15-17H2,1-4H3;1H4/t19-,20+;/m0./s1. The van der Waals surface area contributed by atoms with Crippen LogP contribution in [0.2, 0.25) is 0 Å². The van der Waals surface area contributed by atoms with Gasteiger partial charge in [-0.2, -0.15) is 0 Å². The maximum absolute atomic E-state index is 14.0. The molecule has 3 heterocycles. The Kier molecular flexibility index (Phi) is 9.14. The molecule has 0 N–H and O–H groups in total. The third-order valence-electron chi connectivity index (χ3n) is 7.95. The second kappa shape index (κ2) is 12.4. The van der Waals surface area contributed by atoms with Crippen molar-refractivity contribution in [2.75, 3.05) is 46.5 Å². The minimum atomic E-state index is -0.604. The zero-order valence-corrected chi connectivity index (χ0v) is 23.4. The zero-order chi connectivity index (χ0) is 28.6. The number of ether oxygens (including phenoxy) is 2. The summed E-state index contributed by atoms with van der Waals surface area (Å²) in [6, 6.07) is 9.89. The first-order valence-corrected chi connectivity index (χ1v) is 13.6. The van der Waals surface area contributed by atoms with Gasteiger partial charge in [0.15, 0.2) is 0 Å². The minimum absolute atomic E-state index is 0. The van der Waals surface area contributed by atoms with E-state index in [4.69, 9.17) is 9.47 Å². The van der Waals surface area contributed by atoms with Crippen LogP contribution in [0.5, 0.6) is 5.75 Å². The number of aromatic nitrogens is 1. The molecular formula is C31H39FN4O5. The van der Waals surface area contributed by atoms with Gasteiger partial charge in [0.2, 0.25) is 0 Å². The first kappa shape index (κ1) is 30.2. The van der Waals surface area contributed by atoms with E-state index in [0.717, 1.165) is 5.56 Å². The van der Waals surface area contributed by atoms with Crippen molar-refractivity contribution in [3.8, 4) is 5.75 Å². The van der Waals surface area contributed by atoms with Crippen LogP contribution in [0.4, 0.5) is 4.39 Å². The summed E-state index contributed by atoms with van der Waals surface area (Å²) in [6.07, 6.45) is 1.64. The summed E-state index contributed by atoms with van der Waals surface area (Å²) in [5.74, 6) is -1.22. The number of nitrogens with zero attached hydrogens (tertiary/aromatic N) is 4. The van der Waals surface area contributed by atoms with Gasteiger partial charge in [-0.3, -0.25) is 19.3 Å². The van der Waals surface area contributed by atoms with Gasteiger partial charge in [0.1, 0.15) is 11.6 Å². The molecule has 1 aromatic heterocycles. The van der Waals surface area contributed by atoms with Crippen molar-refractivity contribution in [2.24, 2.45) is 7.05 Å². The number of aryl methyl sites for hydroxylation is 1. The van der Waals surface area contributed by atoms with Gasteiger partial charge < -0.3 is 23.8 Å². The molecule has 2 saturated heterocycles. The van der Waals surface area contributed by atoms with Gasteiger partial charge in [0, 0.05) is 69.5 Å². The highest BCUT2D eigenvalue weighted by Crippen LogP contribution is 2.32. The predicted molar refractivity (Wildman–Crippen MR) is 155 cm³/mol. The fraction of sp³-hybridized carbons (Fsp3) is 0.452. The van der Waals surface area contributed by atoms with Crippen LogP contribution < -0.4 is 4.74 Å². The largest absolute Gasteiger partial charge is 0.496 e. The van der Waals surface area contributed by atoms with Crippen molar-refractivity contribution in [3.05, 3.63) is 65.1 Å². The Morgan fingerprint density at radius 3 is 2.34 bits per heavy atom. The SMILES string of the molecule is C.COc1cc2c(cc1C(=O)N1C[C@H](C)N(Cc3ccc(F)cc3)C[C@H]1C)c(C(=O)C(=O)N1CCOCC1)cn2C. The molecule has 2 aliphatic heterocycles. The average Bonchev–Trinajstić information content (AvgIpc) is 3.29. The highest BCUT2D eigenvalue weighted by atomic mass is 19.1. The number of benzene rings is 2. The number of carbonyl (C=O) groups excluding carboxylic acids is 3. The molecule has 0 aliphatic carbocycles. The van der Waals surface area contributed by atoms with Crippen molar-refractivity contribution in [3.63, 3.8) is 0 Å². The fourth-order valence-electron chi connectivity index (χ4n) is 5.63. The van der Waals surface area contributed by atoms with Crippen LogP contribution in [0.15, 0.2) is 42.6 Å². The number of morpholine rings is 1. The van der Waals surface area contributed by atoms with Crippen molar-refractivity contribution in [1.29, 1.82) is 0 Å². The lowest BCUT2D eigenvalue weighted by Gasteiger charge is -2.44. The normalized spacial score (nSPS) is 19.6. The zero-order valence-electron chi connectivity index (χ0n) is 23.4. The summed E-state index contributed by atoms with van der Waals surface area (Å²) in [6.45, 7) is 7.43. The van der Waals surface area contributed by atoms with E-state index in [1.54, 1.807) is 42.1 Å². The number of fused-ring (bicyclic) bond motifs is 1. The van der Waals surface area contributed by atoms with Crippen molar-refractivity contribution in [2.45, 2.75) is 39.9 Å². The smallest absolute Gasteiger partial charge is 0.295 e. The van der Waals surface area contributed by atoms with Crippen LogP contribution in [-0.2, 0) is 23.1 Å². The van der Waals surface area contributed by atoms with Crippen molar-refractivity contribution in [1.82, 2.24) is 19.3 Å². The molecule has 41 heavy (non-hydrogen) atoms. The number of amides is 2. The summed E-state index contributed by atoms with van der Waals surface area (Å²) in [5, 5.41) is 0.536. The molecule has 2 amide bonds. The topological polar surface area (TPSA) is 84.3 Å². The van der Waals surface area contributed by atoms with E-state index in [-0.39, 0.29) is 36.8 Å². The van der Waals surface area contributed by atoms with Gasteiger partial charge in [-0.15, -0.1) is 0 Å². The Morgan fingerprint density at radius 1 is 1.00 bits per heavy atom. The Balaban J connectivity index is 0.00000387. The third kappa shape index (κ3) is 5.99. The van der Waals surface area contributed by atoms with E-state index >= 15 is 0 Å². The lowest BCUT2D eigenvalue weighted by molar-refractivity contribution is -0.130. The fourth-order valence-corrected chi connectivity index (χ4v) is 5.63. The molecule has 5 rings (SSSR count). The number of hydrogen-bond donors (Lipinski definition) is 0. The van der Waals surface area contributed by atoms with Crippen LogP contribution in [-0.4, -0.2) is 95.5 Å². The second-order valence-corrected chi connectivity index (χ2v) is 10.7. The van der Waals surface area contributed by atoms with Gasteiger partial charge in [-0.05, 0) is 37.6 Å². The molecule has 0 unspecified atom stereocenters. The molecule has 0 spiro atoms. The Morgan fingerprint density at radius 2 is 1.68 bits per heavy atom. The summed E-state index contributed by atoms with van der Waals surface area (Å²) in [4.78, 5) is 45.9. The molecule has 0 saturated carbocycles. The van der Waals surface area contributed by atoms with Crippen LogP contribution >= 0.6 is 0 Å². The monoisotopic (exact) mass is 566 g/mol. The van der Waals surface area contributed by atoms with Crippen LogP contribution in [0, 0.1) is 5.82 Å². The Hall–Kier alpha value is -3.76. The van der Waals surface area contributed by atoms with Gasteiger partial charge in [0.05, 0.1) is 37.0 Å². The van der Waals surface area contributed by atoms with Crippen LogP contribution in [0.3, 0.4) is 0 Å². The number of ketones is 1. The number of rotatable bonds is 6. The van der Waals surface area contributed by atoms with E-state index in [9.17, 15) is 18.8 Å². The van der Waals surface area contributed by atoms with E-state index < -0.39 is 11.7 Å². The lowest BCUT2D eigenvalue weighted by Crippen LogP contribution is -2.57. The molecule has 2 aliphatic rings. The van der Waals surface area contributed by atoms with Crippen LogP contribution in [0.25, 0.3) is 10.9 Å². The highest BCUT2D eigenvalue weighted by Gasteiger charge is 2.34. The first-order valence-electron chi connectivity index (χ1n) is 13.6. The summed E-state index contributed by atoms with van der Waals surface area (Å²) < 4.78 is 26.1. The molecule has 0 radical (unpaired) electrons. The van der Waals surface area contributed by atoms with Gasteiger partial charge >= 0.3 is 0 Å². The summed E-state index contributed by atoms with van der Waals surface area (Å²) in [7, 11) is 3.31. The Labute approximate surface area is 240 Å². The molecule has 10 heteroatoms. The number of hydrogen-bond acceptors (Lipinski definition) is 6. The number of methoxy groups -OCH3 is 1. The second-order valence-electron chi connectivity index (χ2n) is 10.7. The molecule has 0 bridgehead atoms. The van der Waals surface area contributed by atoms with E-state index in [2.05, 4.69) is 11.8 Å². The molecule has 2 atom stereocenters. The quantitative estimate of drug-likeness (QED) is 0.334. The van der Waals surface area contributed by atoms with Crippen molar-refractivity contribution >= 4 is 28.5 Å². The van der Waals surface area contributed by atoms with E-state index in [1.165, 1.54) is 24.1 Å². The maximum atomic E-state index is 14.0. The number of carbonyl (C=O) groups is 3. The number of piperazine rings is 1. The molecular weight excluding hydrogens is 527 g/mol. The number of Topliss-reactive ketones (excluding diaryl/α,β-unsaturated/α-hetero) is 1. The third-order valence-corrected chi connectivity index (χ3v) is 7.95. The molecule has 2 aromatic carbocycles. The van der Waals surface area contributed by atoms with Gasteiger partial charge in [0.25, 0.3) is 17.6 Å². The molecule has 9 nitrogen and oxygen atoms in total. The Bertz CT molecular complexity index is 1430. The maximum Gasteiger partial charge on any atom is 0.295 e. The van der Waals surface area contributed by atoms with E-state index in [1.807, 2.05) is 11.8 Å². The van der Waals surface area contributed by atoms with Gasteiger partial charge in [-0.25, -0.2) is 4.39 Å².